The van der Waals surface area contributed by atoms with Crippen molar-refractivity contribution in [3.8, 4) is 39.3 Å². The molecule has 4 heterocycles. The number of aliphatic hydroxyl groups excluding tert-OH is 1. The van der Waals surface area contributed by atoms with Crippen molar-refractivity contribution in [2.45, 2.75) is 71.1 Å². The highest BCUT2D eigenvalue weighted by Crippen LogP contribution is 2.32. The van der Waals surface area contributed by atoms with E-state index >= 15 is 0 Å². The maximum absolute atomic E-state index is 14.2. The van der Waals surface area contributed by atoms with Crippen LogP contribution in [0.3, 0.4) is 0 Å². The maximum Gasteiger partial charge on any atom is 0.255 e. The number of benzene rings is 4. The lowest BCUT2D eigenvalue weighted by atomic mass is 10.0. The minimum absolute atomic E-state index is 0.0134. The Morgan fingerprint density at radius 3 is 2.46 bits per heavy atom. The topological polar surface area (TPSA) is 201 Å². The summed E-state index contributed by atoms with van der Waals surface area (Å²) in [6, 6.07) is 27.0. The van der Waals surface area contributed by atoms with Crippen molar-refractivity contribution in [3.63, 3.8) is 0 Å². The van der Waals surface area contributed by atoms with Crippen LogP contribution in [-0.4, -0.2) is 111 Å². The van der Waals surface area contributed by atoms with Crippen LogP contribution < -0.4 is 20.1 Å². The van der Waals surface area contributed by atoms with E-state index in [1.807, 2.05) is 63.4 Å². The van der Waals surface area contributed by atoms with Crippen LogP contribution in [0.25, 0.3) is 21.7 Å². The van der Waals surface area contributed by atoms with Crippen LogP contribution in [0.15, 0.2) is 109 Å². The molecule has 362 valence electrons. The van der Waals surface area contributed by atoms with Crippen LogP contribution in [-0.2, 0) is 34.0 Å². The summed E-state index contributed by atoms with van der Waals surface area (Å²) in [5.74, 6) is -0.359. The average molecular weight is 986 g/mol. The molecule has 0 radical (unpaired) electrons. The molecule has 0 saturated carbocycles. The second-order valence-electron chi connectivity index (χ2n) is 17.5. The molecule has 0 aliphatic carbocycles. The smallest absolute Gasteiger partial charge is 0.255 e. The van der Waals surface area contributed by atoms with E-state index in [9.17, 15) is 24.3 Å². The van der Waals surface area contributed by atoms with Crippen LogP contribution in [0, 0.1) is 17.2 Å². The normalized spacial score (nSPS) is 16.2. The Bertz CT molecular complexity index is 2870. The molecule has 1 saturated heterocycles. The van der Waals surface area contributed by atoms with Gasteiger partial charge in [-0.2, -0.15) is 10.4 Å². The first-order valence-corrected chi connectivity index (χ1v) is 24.3. The Balaban J connectivity index is 0.791. The highest BCUT2D eigenvalue weighted by atomic mass is 35.5. The lowest BCUT2D eigenvalue weighted by molar-refractivity contribution is -0.143. The van der Waals surface area contributed by atoms with Crippen LogP contribution in [0.4, 0.5) is 0 Å². The van der Waals surface area contributed by atoms with Gasteiger partial charge >= 0.3 is 0 Å². The van der Waals surface area contributed by atoms with Gasteiger partial charge in [-0.25, -0.2) is 0 Å². The molecule has 18 heteroatoms. The van der Waals surface area contributed by atoms with Crippen molar-refractivity contribution in [3.05, 3.63) is 142 Å². The molecule has 0 bridgehead atoms. The number of nitriles is 1. The van der Waals surface area contributed by atoms with Crippen LogP contribution in [0.2, 0.25) is 5.02 Å². The van der Waals surface area contributed by atoms with Crippen LogP contribution in [0.1, 0.15) is 64.6 Å². The maximum atomic E-state index is 14.2. The molecule has 0 unspecified atom stereocenters. The minimum Gasteiger partial charge on any atom is -0.491 e. The summed E-state index contributed by atoms with van der Waals surface area (Å²) in [4.78, 5) is 62.7. The van der Waals surface area contributed by atoms with Gasteiger partial charge in [0.05, 0.1) is 52.5 Å². The number of nitrogens with zero attached hydrogens (tertiary/aromatic N) is 6. The van der Waals surface area contributed by atoms with Gasteiger partial charge in [-0.15, -0.1) is 11.3 Å². The molecular weight excluding hydrogens is 932 g/mol. The number of likely N-dealkylation sites (tertiary alicyclic amines) is 1. The van der Waals surface area contributed by atoms with Gasteiger partial charge in [-0.05, 0) is 78.6 Å². The number of aliphatic hydroxyl groups is 1. The number of aromatic nitrogens is 3. The Kier molecular flexibility index (Phi) is 15.9. The second-order valence-corrected chi connectivity index (χ2v) is 18.8. The zero-order chi connectivity index (χ0) is 49.3. The Morgan fingerprint density at radius 1 is 0.957 bits per heavy atom. The third-order valence-electron chi connectivity index (χ3n) is 12.1. The number of fused-ring (bicyclic) bond motifs is 1. The fraction of sp³-hybridized carbons (Fsp3) is 0.327. The van der Waals surface area contributed by atoms with E-state index in [0.29, 0.717) is 57.6 Å². The number of hydrogen-bond acceptors (Lipinski definition) is 12. The number of rotatable bonds is 20. The van der Waals surface area contributed by atoms with Gasteiger partial charge in [-0.1, -0.05) is 61.8 Å². The molecule has 4 atom stereocenters. The van der Waals surface area contributed by atoms with E-state index in [4.69, 9.17) is 31.1 Å². The molecule has 2 aliphatic heterocycles. The van der Waals surface area contributed by atoms with Gasteiger partial charge in [0.15, 0.2) is 0 Å². The number of ether oxygens (including phenoxy) is 3. The molecule has 3 N–H and O–H groups in total. The van der Waals surface area contributed by atoms with Gasteiger partial charge in [-0.3, -0.25) is 28.8 Å². The highest BCUT2D eigenvalue weighted by Gasteiger charge is 2.46. The number of carbonyl (C=O) groups excluding carboxylic acids is 4. The van der Waals surface area contributed by atoms with E-state index in [2.05, 4.69) is 26.8 Å². The van der Waals surface area contributed by atoms with Gasteiger partial charge in [0.1, 0.15) is 42.9 Å². The predicted molar refractivity (Wildman–Crippen MR) is 263 cm³/mol. The first-order chi connectivity index (χ1) is 33.9. The van der Waals surface area contributed by atoms with E-state index in [1.165, 1.54) is 16.2 Å². The number of amides is 4. The summed E-state index contributed by atoms with van der Waals surface area (Å²) in [6.07, 6.45) is 2.77. The van der Waals surface area contributed by atoms with E-state index in [1.54, 1.807) is 75.9 Å². The first kappa shape index (κ1) is 49.3. The van der Waals surface area contributed by atoms with Crippen molar-refractivity contribution in [2.75, 3.05) is 33.0 Å². The van der Waals surface area contributed by atoms with E-state index in [-0.39, 0.29) is 75.6 Å². The predicted octanol–water partition coefficient (Wildman–Crippen LogP) is 6.75. The minimum atomic E-state index is -0.926. The summed E-state index contributed by atoms with van der Waals surface area (Å²) in [5, 5.41) is 30.8. The van der Waals surface area contributed by atoms with Gasteiger partial charge in [0, 0.05) is 66.7 Å². The molecule has 2 aliphatic rings. The third kappa shape index (κ3) is 11.7. The van der Waals surface area contributed by atoms with Crippen molar-refractivity contribution >= 4 is 46.6 Å². The fourth-order valence-electron chi connectivity index (χ4n) is 8.65. The molecular formula is C52H53ClN8O8S. The molecule has 4 aromatic carbocycles. The zero-order valence-electron chi connectivity index (χ0n) is 38.9. The molecule has 2 aromatic heterocycles. The number of halogens is 1. The standard InChI is InChI=1S/C52H53ClN8O8S/c1-32(2)48(61-29-39-6-4-5-7-42(39)51(61)65)52(66)60-30-40(62)24-45(60)50(64)56-26-38-11-9-36(47-27-55-31-70-47)23-46(38)69-21-19-67-18-20-68-41-14-12-34(13-15-41)49(63)57-33(3)28-59-17-16-44(58-59)35-8-10-37(25-54)43(53)22-35/h4-17,22-23,27,31-33,40,45,48,62H,18-21,24,26,28-30H2,1-3H3,(H,56,64)(H,57,63)/t33-,40+,45-,48-/m0/s1. The van der Waals surface area contributed by atoms with Gasteiger partial charge in [0.25, 0.3) is 11.8 Å². The molecule has 4 amide bonds. The molecule has 16 nitrogen and oxygen atoms in total. The quantitative estimate of drug-likeness (QED) is 0.0684. The Hall–Kier alpha value is -7.10. The SMILES string of the molecule is CC(C)[C@@H](C(=O)N1C[C@H](O)C[C@H]1C(=O)NCc1ccc(-c2cncs2)cc1OCCOCCOc1ccc(C(=O)N[C@@H](C)Cn2ccc(-c3ccc(C#N)c(Cl)c3)n2)cc1)N1Cc2ccccc2C1=O. The number of nitrogens with one attached hydrogen (secondary N) is 2. The number of thiazole rings is 1. The summed E-state index contributed by atoms with van der Waals surface area (Å²) in [7, 11) is 0. The van der Waals surface area contributed by atoms with Crippen molar-refractivity contribution in [1.82, 2.24) is 35.2 Å². The van der Waals surface area contributed by atoms with Gasteiger partial charge < -0.3 is 39.8 Å². The molecule has 8 rings (SSSR count). The van der Waals surface area contributed by atoms with Gasteiger partial charge in [0.2, 0.25) is 11.8 Å². The molecule has 70 heavy (non-hydrogen) atoms. The van der Waals surface area contributed by atoms with Crippen molar-refractivity contribution < 1.29 is 38.5 Å². The monoisotopic (exact) mass is 984 g/mol. The fourth-order valence-corrected chi connectivity index (χ4v) is 9.49. The Morgan fingerprint density at radius 2 is 1.73 bits per heavy atom. The van der Waals surface area contributed by atoms with E-state index < -0.39 is 24.1 Å². The largest absolute Gasteiger partial charge is 0.491 e. The number of hydrogen-bond donors (Lipinski definition) is 3. The summed E-state index contributed by atoms with van der Waals surface area (Å²) < 4.78 is 19.6. The van der Waals surface area contributed by atoms with Crippen LogP contribution >= 0.6 is 22.9 Å². The van der Waals surface area contributed by atoms with Crippen molar-refractivity contribution in [2.24, 2.45) is 5.92 Å². The number of carbonyl (C=O) groups is 4. The first-order valence-electron chi connectivity index (χ1n) is 23.0. The third-order valence-corrected chi connectivity index (χ3v) is 13.3. The van der Waals surface area contributed by atoms with Crippen LogP contribution in [0.5, 0.6) is 11.5 Å². The molecule has 1 fully saturated rings. The summed E-state index contributed by atoms with van der Waals surface area (Å²) in [6.45, 7) is 7.47. The summed E-state index contributed by atoms with van der Waals surface area (Å²) in [5.41, 5.74) is 7.13. The second kappa shape index (κ2) is 22.5. The van der Waals surface area contributed by atoms with Crippen molar-refractivity contribution in [1.29, 1.82) is 5.26 Å². The zero-order valence-corrected chi connectivity index (χ0v) is 40.5. The number of β-amino-alcohol motifs (C(OH)–C–C–N with tert-alkyl or cyclic N) is 1. The van der Waals surface area contributed by atoms with E-state index in [0.717, 1.165) is 21.6 Å². The lowest BCUT2D eigenvalue weighted by Gasteiger charge is -2.35. The lowest BCUT2D eigenvalue weighted by Crippen LogP contribution is -2.55. The highest BCUT2D eigenvalue weighted by molar-refractivity contribution is 7.13. The summed E-state index contributed by atoms with van der Waals surface area (Å²) >= 11 is 7.69. The Labute approximate surface area is 414 Å². The molecule has 6 aromatic rings. The average Bonchev–Trinajstić information content (AvgIpc) is 4.19. The molecule has 0 spiro atoms.